The third-order valence-electron chi connectivity index (χ3n) is 1.97. The number of pyridine rings is 2. The first-order valence-corrected chi connectivity index (χ1v) is 5.07. The lowest BCUT2D eigenvalue weighted by molar-refractivity contribution is 0.102. The first-order chi connectivity index (χ1) is 8.16. The number of amides is 1. The molecule has 1 amide bonds. The standard InChI is InChI=1S/C11H7ClFN3O/c12-10-9(2-1-3-15-10)16-11(17)7-4-8(13)6-14-5-7/h1-6H,(H,16,17). The molecule has 0 aliphatic rings. The minimum atomic E-state index is -0.574. The Bertz CT molecular complexity index is 562. The van der Waals surface area contributed by atoms with Crippen molar-refractivity contribution in [2.45, 2.75) is 0 Å². The maximum absolute atomic E-state index is 12.9. The van der Waals surface area contributed by atoms with E-state index in [0.717, 1.165) is 12.3 Å². The van der Waals surface area contributed by atoms with Crippen molar-refractivity contribution in [1.82, 2.24) is 9.97 Å². The van der Waals surface area contributed by atoms with Crippen LogP contribution >= 0.6 is 11.6 Å². The summed E-state index contributed by atoms with van der Waals surface area (Å²) in [6, 6.07) is 4.32. The normalized spacial score (nSPS) is 10.0. The van der Waals surface area contributed by atoms with Gasteiger partial charge < -0.3 is 5.32 Å². The molecule has 0 aliphatic heterocycles. The van der Waals surface area contributed by atoms with Gasteiger partial charge in [-0.1, -0.05) is 11.6 Å². The number of rotatable bonds is 2. The van der Waals surface area contributed by atoms with Crippen molar-refractivity contribution < 1.29 is 9.18 Å². The van der Waals surface area contributed by atoms with Gasteiger partial charge in [-0.05, 0) is 18.2 Å². The molecule has 0 aliphatic carbocycles. The number of hydrogen-bond acceptors (Lipinski definition) is 3. The molecule has 2 heterocycles. The number of anilines is 1. The zero-order chi connectivity index (χ0) is 12.3. The molecule has 0 saturated carbocycles. The molecule has 17 heavy (non-hydrogen) atoms. The maximum atomic E-state index is 12.9. The molecule has 2 aromatic heterocycles. The van der Waals surface area contributed by atoms with E-state index in [1.165, 1.54) is 12.4 Å². The summed E-state index contributed by atoms with van der Waals surface area (Å²) >= 11 is 5.77. The van der Waals surface area contributed by atoms with Crippen LogP contribution in [-0.4, -0.2) is 15.9 Å². The van der Waals surface area contributed by atoms with Crippen LogP contribution in [0.15, 0.2) is 36.8 Å². The van der Waals surface area contributed by atoms with Crippen molar-refractivity contribution in [3.8, 4) is 0 Å². The Balaban J connectivity index is 2.20. The largest absolute Gasteiger partial charge is 0.319 e. The summed E-state index contributed by atoms with van der Waals surface area (Å²) in [5.74, 6) is -1.07. The molecule has 0 aromatic carbocycles. The lowest BCUT2D eigenvalue weighted by Crippen LogP contribution is -2.13. The molecule has 2 aromatic rings. The van der Waals surface area contributed by atoms with Gasteiger partial charge in [0.05, 0.1) is 17.4 Å². The minimum Gasteiger partial charge on any atom is -0.319 e. The first-order valence-electron chi connectivity index (χ1n) is 4.69. The molecule has 0 unspecified atom stereocenters. The Morgan fingerprint density at radius 2 is 2.24 bits per heavy atom. The highest BCUT2D eigenvalue weighted by Gasteiger charge is 2.09. The molecule has 0 saturated heterocycles. The third-order valence-corrected chi connectivity index (χ3v) is 2.28. The van der Waals surface area contributed by atoms with Gasteiger partial charge in [-0.3, -0.25) is 9.78 Å². The van der Waals surface area contributed by atoms with E-state index in [1.807, 2.05) is 0 Å². The van der Waals surface area contributed by atoms with Gasteiger partial charge in [0.2, 0.25) is 0 Å². The zero-order valence-corrected chi connectivity index (χ0v) is 9.28. The van der Waals surface area contributed by atoms with Gasteiger partial charge in [-0.15, -0.1) is 0 Å². The number of halogens is 2. The van der Waals surface area contributed by atoms with Crippen molar-refractivity contribution >= 4 is 23.2 Å². The summed E-state index contributed by atoms with van der Waals surface area (Å²) in [6.45, 7) is 0. The lowest BCUT2D eigenvalue weighted by Gasteiger charge is -2.05. The Labute approximate surface area is 101 Å². The molecule has 6 heteroatoms. The maximum Gasteiger partial charge on any atom is 0.257 e. The molecule has 0 radical (unpaired) electrons. The Kier molecular flexibility index (Phi) is 3.30. The monoisotopic (exact) mass is 251 g/mol. The predicted molar refractivity (Wildman–Crippen MR) is 61.4 cm³/mol. The van der Waals surface area contributed by atoms with Crippen LogP contribution in [0.2, 0.25) is 5.15 Å². The summed E-state index contributed by atoms with van der Waals surface area (Å²) in [5.41, 5.74) is 0.480. The fourth-order valence-electron chi connectivity index (χ4n) is 1.21. The summed E-state index contributed by atoms with van der Waals surface area (Å²) in [7, 11) is 0. The van der Waals surface area contributed by atoms with Crippen molar-refractivity contribution in [3.63, 3.8) is 0 Å². The van der Waals surface area contributed by atoms with Gasteiger partial charge in [0.25, 0.3) is 5.91 Å². The minimum absolute atomic E-state index is 0.116. The summed E-state index contributed by atoms with van der Waals surface area (Å²) in [4.78, 5) is 19.1. The average Bonchev–Trinajstić information content (AvgIpc) is 2.32. The van der Waals surface area contributed by atoms with E-state index < -0.39 is 11.7 Å². The molecule has 4 nitrogen and oxygen atoms in total. The van der Waals surface area contributed by atoms with Crippen molar-refractivity contribution in [2.24, 2.45) is 0 Å². The van der Waals surface area contributed by atoms with E-state index in [-0.39, 0.29) is 10.7 Å². The molecule has 1 N–H and O–H groups in total. The molecule has 86 valence electrons. The van der Waals surface area contributed by atoms with Crippen LogP contribution in [-0.2, 0) is 0 Å². The predicted octanol–water partition coefficient (Wildman–Crippen LogP) is 2.52. The SMILES string of the molecule is O=C(Nc1cccnc1Cl)c1cncc(F)c1. The quantitative estimate of drug-likeness (QED) is 0.835. The number of hydrogen-bond donors (Lipinski definition) is 1. The molecule has 0 spiro atoms. The van der Waals surface area contributed by atoms with E-state index >= 15 is 0 Å². The highest BCUT2D eigenvalue weighted by atomic mass is 35.5. The van der Waals surface area contributed by atoms with Crippen LogP contribution in [0.25, 0.3) is 0 Å². The van der Waals surface area contributed by atoms with Crippen LogP contribution in [0.5, 0.6) is 0 Å². The Morgan fingerprint density at radius 3 is 2.94 bits per heavy atom. The van der Waals surface area contributed by atoms with Gasteiger partial charge >= 0.3 is 0 Å². The fraction of sp³-hybridized carbons (Fsp3) is 0. The lowest BCUT2D eigenvalue weighted by atomic mass is 10.2. The number of nitrogens with zero attached hydrogens (tertiary/aromatic N) is 2. The smallest absolute Gasteiger partial charge is 0.257 e. The van der Waals surface area contributed by atoms with E-state index in [4.69, 9.17) is 11.6 Å². The van der Waals surface area contributed by atoms with Gasteiger partial charge in [0, 0.05) is 12.4 Å². The van der Waals surface area contributed by atoms with Gasteiger partial charge in [0.1, 0.15) is 5.82 Å². The van der Waals surface area contributed by atoms with Crippen LogP contribution in [0.4, 0.5) is 10.1 Å². The average molecular weight is 252 g/mol. The van der Waals surface area contributed by atoms with Crippen molar-refractivity contribution in [3.05, 3.63) is 53.3 Å². The van der Waals surface area contributed by atoms with Crippen LogP contribution < -0.4 is 5.32 Å². The number of carbonyl (C=O) groups is 1. The summed E-state index contributed by atoms with van der Waals surface area (Å²) < 4.78 is 12.9. The second-order valence-electron chi connectivity index (χ2n) is 3.19. The zero-order valence-electron chi connectivity index (χ0n) is 8.52. The molecule has 0 atom stereocenters. The molecular weight excluding hydrogens is 245 g/mol. The van der Waals surface area contributed by atoms with E-state index in [9.17, 15) is 9.18 Å². The third kappa shape index (κ3) is 2.76. The summed E-state index contributed by atoms with van der Waals surface area (Å²) in [6.07, 6.45) is 3.79. The number of aromatic nitrogens is 2. The second-order valence-corrected chi connectivity index (χ2v) is 3.55. The van der Waals surface area contributed by atoms with E-state index in [2.05, 4.69) is 15.3 Å². The van der Waals surface area contributed by atoms with Crippen LogP contribution in [0.3, 0.4) is 0 Å². The number of nitrogens with one attached hydrogen (secondary N) is 1. The van der Waals surface area contributed by atoms with E-state index in [0.29, 0.717) is 5.69 Å². The molecule has 0 fully saturated rings. The molecule has 0 bridgehead atoms. The number of carbonyl (C=O) groups excluding carboxylic acids is 1. The topological polar surface area (TPSA) is 54.9 Å². The summed E-state index contributed by atoms with van der Waals surface area (Å²) in [5, 5.41) is 2.69. The molecule has 2 rings (SSSR count). The van der Waals surface area contributed by atoms with Gasteiger partial charge in [-0.2, -0.15) is 0 Å². The fourth-order valence-corrected chi connectivity index (χ4v) is 1.38. The first kappa shape index (κ1) is 11.5. The highest BCUT2D eigenvalue weighted by molar-refractivity contribution is 6.32. The Hall–Kier alpha value is -2.01. The second kappa shape index (κ2) is 4.88. The van der Waals surface area contributed by atoms with Crippen molar-refractivity contribution in [1.29, 1.82) is 0 Å². The van der Waals surface area contributed by atoms with Gasteiger partial charge in [-0.25, -0.2) is 9.37 Å². The van der Waals surface area contributed by atoms with Crippen LogP contribution in [0.1, 0.15) is 10.4 Å². The highest BCUT2D eigenvalue weighted by Crippen LogP contribution is 2.18. The van der Waals surface area contributed by atoms with Crippen LogP contribution in [0, 0.1) is 5.82 Å². The van der Waals surface area contributed by atoms with Gasteiger partial charge in [0.15, 0.2) is 5.15 Å². The molecular formula is C11H7ClFN3O. The van der Waals surface area contributed by atoms with Crippen molar-refractivity contribution in [2.75, 3.05) is 5.32 Å². The Morgan fingerprint density at radius 1 is 1.41 bits per heavy atom. The van der Waals surface area contributed by atoms with E-state index in [1.54, 1.807) is 12.1 Å².